The number of aliphatic carboxylic acids is 1. The Morgan fingerprint density at radius 1 is 1.08 bits per heavy atom. The summed E-state index contributed by atoms with van der Waals surface area (Å²) in [5.41, 5.74) is 2.29. The first-order chi connectivity index (χ1) is 11.3. The number of nitrogens with one attached hydrogen (secondary N) is 1. The maximum atomic E-state index is 12.5. The Balaban J connectivity index is 2.20. The summed E-state index contributed by atoms with van der Waals surface area (Å²) in [5, 5.41) is 8.69. The van der Waals surface area contributed by atoms with Gasteiger partial charge in [0.15, 0.2) is 0 Å². The molecule has 0 aliphatic carbocycles. The van der Waals surface area contributed by atoms with E-state index in [4.69, 9.17) is 5.11 Å². The van der Waals surface area contributed by atoms with Crippen molar-refractivity contribution < 1.29 is 18.3 Å². The molecule has 0 saturated carbocycles. The highest BCUT2D eigenvalue weighted by Gasteiger charge is 2.16. The number of carboxylic acids is 1. The predicted octanol–water partition coefficient (Wildman–Crippen LogP) is 3.63. The molecule has 0 atom stereocenters. The van der Waals surface area contributed by atoms with E-state index in [0.29, 0.717) is 12.1 Å². The second kappa shape index (κ2) is 7.49. The molecular weight excluding hydrogens is 326 g/mol. The zero-order chi connectivity index (χ0) is 17.7. The summed E-state index contributed by atoms with van der Waals surface area (Å²) in [7, 11) is -3.68. The van der Waals surface area contributed by atoms with E-state index >= 15 is 0 Å². The minimum atomic E-state index is -3.68. The Hall–Kier alpha value is -2.34. The average molecular weight is 347 g/mol. The summed E-state index contributed by atoms with van der Waals surface area (Å²) >= 11 is 0. The van der Waals surface area contributed by atoms with E-state index in [1.165, 1.54) is 12.1 Å². The van der Waals surface area contributed by atoms with Gasteiger partial charge in [-0.3, -0.25) is 9.52 Å². The van der Waals surface area contributed by atoms with Crippen LogP contribution < -0.4 is 4.72 Å². The lowest BCUT2D eigenvalue weighted by Gasteiger charge is -2.15. The molecule has 0 unspecified atom stereocenters. The van der Waals surface area contributed by atoms with Gasteiger partial charge in [-0.2, -0.15) is 0 Å². The highest BCUT2D eigenvalue weighted by Crippen LogP contribution is 2.26. The minimum absolute atomic E-state index is 0.0200. The van der Waals surface area contributed by atoms with E-state index < -0.39 is 16.0 Å². The van der Waals surface area contributed by atoms with Crippen LogP contribution in [0.15, 0.2) is 53.4 Å². The molecule has 24 heavy (non-hydrogen) atoms. The van der Waals surface area contributed by atoms with Crippen molar-refractivity contribution in [3.05, 3.63) is 59.7 Å². The van der Waals surface area contributed by atoms with Crippen LogP contribution in [0.3, 0.4) is 0 Å². The largest absolute Gasteiger partial charge is 0.481 e. The Bertz CT molecular complexity index is 811. The van der Waals surface area contributed by atoms with Crippen LogP contribution in [0.4, 0.5) is 5.69 Å². The van der Waals surface area contributed by atoms with Crippen molar-refractivity contribution in [2.75, 3.05) is 4.72 Å². The van der Waals surface area contributed by atoms with Gasteiger partial charge in [0.2, 0.25) is 0 Å². The van der Waals surface area contributed by atoms with Crippen LogP contribution in [-0.4, -0.2) is 19.5 Å². The maximum absolute atomic E-state index is 12.5. The molecule has 0 bridgehead atoms. The van der Waals surface area contributed by atoms with Crippen LogP contribution in [0.1, 0.15) is 37.3 Å². The molecule has 0 fully saturated rings. The minimum Gasteiger partial charge on any atom is -0.481 e. The zero-order valence-corrected chi connectivity index (χ0v) is 14.5. The monoisotopic (exact) mass is 347 g/mol. The van der Waals surface area contributed by atoms with Gasteiger partial charge in [0, 0.05) is 6.42 Å². The number of sulfonamides is 1. The first-order valence-corrected chi connectivity index (χ1v) is 9.20. The van der Waals surface area contributed by atoms with Gasteiger partial charge in [-0.15, -0.1) is 0 Å². The van der Waals surface area contributed by atoms with Crippen LogP contribution in [0.5, 0.6) is 0 Å². The third-order valence-corrected chi connectivity index (χ3v) is 5.07. The van der Waals surface area contributed by atoms with Crippen LogP contribution in [-0.2, 0) is 21.2 Å². The number of hydrogen-bond donors (Lipinski definition) is 2. The highest BCUT2D eigenvalue weighted by molar-refractivity contribution is 7.92. The number of anilines is 1. The number of para-hydroxylation sites is 1. The van der Waals surface area contributed by atoms with Crippen LogP contribution in [0, 0.1) is 0 Å². The van der Waals surface area contributed by atoms with Crippen molar-refractivity contribution in [2.24, 2.45) is 0 Å². The smallest absolute Gasteiger partial charge is 0.303 e. The lowest BCUT2D eigenvalue weighted by Crippen LogP contribution is -2.14. The number of hydrogen-bond acceptors (Lipinski definition) is 3. The van der Waals surface area contributed by atoms with Crippen molar-refractivity contribution in [3.63, 3.8) is 0 Å². The third-order valence-electron chi connectivity index (χ3n) is 3.69. The zero-order valence-electron chi connectivity index (χ0n) is 13.7. The van der Waals surface area contributed by atoms with Crippen molar-refractivity contribution in [3.8, 4) is 0 Å². The number of aryl methyl sites for hydroxylation is 1. The lowest BCUT2D eigenvalue weighted by atomic mass is 10.0. The van der Waals surface area contributed by atoms with Gasteiger partial charge >= 0.3 is 5.97 Å². The molecule has 2 rings (SSSR count). The van der Waals surface area contributed by atoms with Crippen LogP contribution >= 0.6 is 0 Å². The molecule has 6 heteroatoms. The number of carboxylic acid groups (broad SMARTS) is 1. The summed E-state index contributed by atoms with van der Waals surface area (Å²) in [6, 6.07) is 13.6. The van der Waals surface area contributed by atoms with E-state index in [9.17, 15) is 13.2 Å². The Morgan fingerprint density at radius 2 is 1.71 bits per heavy atom. The van der Waals surface area contributed by atoms with Crippen molar-refractivity contribution in [1.82, 2.24) is 0 Å². The van der Waals surface area contributed by atoms with Gasteiger partial charge < -0.3 is 5.11 Å². The second-order valence-corrected chi connectivity index (χ2v) is 7.57. The molecule has 2 aromatic carbocycles. The molecule has 2 aromatic rings. The topological polar surface area (TPSA) is 83.5 Å². The van der Waals surface area contributed by atoms with E-state index in [1.54, 1.807) is 24.3 Å². The SMILES string of the molecule is CC(C)c1ccccc1NS(=O)(=O)c1ccc(CCC(=O)O)cc1. The van der Waals surface area contributed by atoms with Crippen molar-refractivity contribution >= 4 is 21.7 Å². The second-order valence-electron chi connectivity index (χ2n) is 5.89. The van der Waals surface area contributed by atoms with E-state index in [0.717, 1.165) is 11.1 Å². The Morgan fingerprint density at radius 3 is 2.29 bits per heavy atom. The lowest BCUT2D eigenvalue weighted by molar-refractivity contribution is -0.136. The molecule has 128 valence electrons. The number of benzene rings is 2. The van der Waals surface area contributed by atoms with Gasteiger partial charge in [-0.25, -0.2) is 8.42 Å². The van der Waals surface area contributed by atoms with Crippen molar-refractivity contribution in [2.45, 2.75) is 37.5 Å². The summed E-state index contributed by atoms with van der Waals surface area (Å²) in [6.45, 7) is 4.01. The third kappa shape index (κ3) is 4.58. The Kier molecular flexibility index (Phi) is 5.62. The maximum Gasteiger partial charge on any atom is 0.303 e. The molecule has 2 N–H and O–H groups in total. The van der Waals surface area contributed by atoms with Gasteiger partial charge in [0.25, 0.3) is 10.0 Å². The number of carbonyl (C=O) groups is 1. The Labute approximate surface area is 142 Å². The number of rotatable bonds is 7. The molecule has 0 aliphatic heterocycles. The fourth-order valence-electron chi connectivity index (χ4n) is 2.38. The van der Waals surface area contributed by atoms with Crippen LogP contribution in [0.2, 0.25) is 0 Å². The van der Waals surface area contributed by atoms with E-state index in [1.807, 2.05) is 26.0 Å². The molecule has 0 radical (unpaired) electrons. The standard InChI is InChI=1S/C18H21NO4S/c1-13(2)16-5-3-4-6-17(16)19-24(22,23)15-10-7-14(8-11-15)9-12-18(20)21/h3-8,10-11,13,19H,9,12H2,1-2H3,(H,20,21). The normalized spacial score (nSPS) is 11.5. The summed E-state index contributed by atoms with van der Waals surface area (Å²) in [6.07, 6.45) is 0.394. The molecule has 0 aromatic heterocycles. The summed E-state index contributed by atoms with van der Waals surface area (Å²) in [5.74, 6) is -0.680. The first-order valence-electron chi connectivity index (χ1n) is 7.72. The fourth-order valence-corrected chi connectivity index (χ4v) is 3.47. The van der Waals surface area contributed by atoms with Crippen LogP contribution in [0.25, 0.3) is 0 Å². The van der Waals surface area contributed by atoms with E-state index in [2.05, 4.69) is 4.72 Å². The molecular formula is C18H21NO4S. The molecule has 0 aliphatic rings. The van der Waals surface area contributed by atoms with Gasteiger partial charge in [-0.05, 0) is 41.7 Å². The molecule has 5 nitrogen and oxygen atoms in total. The summed E-state index contributed by atoms with van der Waals surface area (Å²) < 4.78 is 27.7. The molecule has 0 spiro atoms. The van der Waals surface area contributed by atoms with E-state index in [-0.39, 0.29) is 17.2 Å². The molecule has 0 amide bonds. The van der Waals surface area contributed by atoms with Gasteiger partial charge in [0.1, 0.15) is 0 Å². The fraction of sp³-hybridized carbons (Fsp3) is 0.278. The summed E-state index contributed by atoms with van der Waals surface area (Å²) in [4.78, 5) is 10.7. The molecule has 0 heterocycles. The predicted molar refractivity (Wildman–Crippen MR) is 93.7 cm³/mol. The van der Waals surface area contributed by atoms with Crippen molar-refractivity contribution in [1.29, 1.82) is 0 Å². The van der Waals surface area contributed by atoms with Gasteiger partial charge in [0.05, 0.1) is 10.6 Å². The quantitative estimate of drug-likeness (QED) is 0.801. The average Bonchev–Trinajstić information content (AvgIpc) is 2.53. The first kappa shape index (κ1) is 18.0. The van der Waals surface area contributed by atoms with Gasteiger partial charge in [-0.1, -0.05) is 44.2 Å². The molecule has 0 saturated heterocycles. The highest BCUT2D eigenvalue weighted by atomic mass is 32.2.